The summed E-state index contributed by atoms with van der Waals surface area (Å²) in [6.45, 7) is 3.99. The molecule has 0 fully saturated rings. The highest BCUT2D eigenvalue weighted by Gasteiger charge is 2.12. The summed E-state index contributed by atoms with van der Waals surface area (Å²) in [5.41, 5.74) is 1.17. The lowest BCUT2D eigenvalue weighted by Crippen LogP contribution is -2.28. The van der Waals surface area contributed by atoms with Crippen LogP contribution in [-0.2, 0) is 14.3 Å². The van der Waals surface area contributed by atoms with Gasteiger partial charge < -0.3 is 14.2 Å². The third-order valence-electron chi connectivity index (χ3n) is 2.14. The Morgan fingerprint density at radius 2 is 1.88 bits per heavy atom. The molecule has 0 amide bonds. The van der Waals surface area contributed by atoms with E-state index in [-0.39, 0.29) is 18.7 Å². The van der Waals surface area contributed by atoms with Gasteiger partial charge in [0.2, 0.25) is 0 Å². The zero-order chi connectivity index (χ0) is 12.7. The number of aryl methyl sites for hydroxylation is 1. The number of rotatable bonds is 6. The molecule has 0 radical (unpaired) electrons. The van der Waals surface area contributed by atoms with Gasteiger partial charge in [0.25, 0.3) is 0 Å². The van der Waals surface area contributed by atoms with E-state index in [9.17, 15) is 4.79 Å². The van der Waals surface area contributed by atoms with E-state index in [0.29, 0.717) is 6.61 Å². The molecule has 1 aromatic rings. The van der Waals surface area contributed by atoms with Crippen molar-refractivity contribution in [2.75, 3.05) is 20.3 Å². The Balaban J connectivity index is 2.45. The quantitative estimate of drug-likeness (QED) is 0.711. The summed E-state index contributed by atoms with van der Waals surface area (Å²) in [7, 11) is 1.56. The van der Waals surface area contributed by atoms with Crippen molar-refractivity contribution in [3.05, 3.63) is 29.8 Å². The van der Waals surface area contributed by atoms with Crippen LogP contribution in [0.2, 0.25) is 0 Å². The van der Waals surface area contributed by atoms with E-state index in [1.165, 1.54) is 12.5 Å². The molecule has 1 aromatic carbocycles. The molecule has 0 aliphatic heterocycles. The Morgan fingerprint density at radius 1 is 1.24 bits per heavy atom. The van der Waals surface area contributed by atoms with Gasteiger partial charge >= 0.3 is 5.97 Å². The SMILES string of the molecule is COC[C@@H](COc1ccc(C)cc1)OC(C)=O. The number of hydrogen-bond donors (Lipinski definition) is 0. The normalized spacial score (nSPS) is 11.9. The van der Waals surface area contributed by atoms with Gasteiger partial charge in [-0.05, 0) is 19.1 Å². The molecule has 0 saturated heterocycles. The van der Waals surface area contributed by atoms with Crippen LogP contribution in [0.4, 0.5) is 0 Å². The van der Waals surface area contributed by atoms with Crippen LogP contribution < -0.4 is 4.74 Å². The van der Waals surface area contributed by atoms with Crippen LogP contribution in [0.5, 0.6) is 5.75 Å². The first-order valence-corrected chi connectivity index (χ1v) is 5.47. The minimum atomic E-state index is -0.376. The van der Waals surface area contributed by atoms with E-state index < -0.39 is 0 Å². The fourth-order valence-electron chi connectivity index (χ4n) is 1.36. The number of esters is 1. The number of ether oxygens (including phenoxy) is 3. The average molecular weight is 238 g/mol. The largest absolute Gasteiger partial charge is 0.490 e. The summed E-state index contributed by atoms with van der Waals surface area (Å²) < 4.78 is 15.5. The highest BCUT2D eigenvalue weighted by atomic mass is 16.6. The van der Waals surface area contributed by atoms with Crippen molar-refractivity contribution in [2.45, 2.75) is 20.0 Å². The van der Waals surface area contributed by atoms with E-state index in [2.05, 4.69) is 0 Å². The standard InChI is InChI=1S/C13H18O4/c1-10-4-6-12(7-5-10)16-9-13(8-15-3)17-11(2)14/h4-7,13H,8-9H2,1-3H3/t13-/m0/s1. The first-order chi connectivity index (χ1) is 8.11. The number of methoxy groups -OCH3 is 1. The average Bonchev–Trinajstić information content (AvgIpc) is 2.27. The molecule has 0 bridgehead atoms. The van der Waals surface area contributed by atoms with Crippen molar-refractivity contribution < 1.29 is 19.0 Å². The van der Waals surface area contributed by atoms with Crippen molar-refractivity contribution in [2.24, 2.45) is 0 Å². The first kappa shape index (κ1) is 13.5. The van der Waals surface area contributed by atoms with Gasteiger partial charge in [-0.25, -0.2) is 0 Å². The number of carbonyl (C=O) groups excluding carboxylic acids is 1. The maximum absolute atomic E-state index is 10.9. The van der Waals surface area contributed by atoms with Gasteiger partial charge in [0.1, 0.15) is 12.4 Å². The van der Waals surface area contributed by atoms with Crippen molar-refractivity contribution >= 4 is 5.97 Å². The van der Waals surface area contributed by atoms with Gasteiger partial charge in [0.15, 0.2) is 6.10 Å². The van der Waals surface area contributed by atoms with E-state index >= 15 is 0 Å². The molecule has 0 spiro atoms. The Kier molecular flexibility index (Phi) is 5.49. The molecule has 0 unspecified atom stereocenters. The molecular weight excluding hydrogens is 220 g/mol. The molecule has 1 atom stereocenters. The lowest BCUT2D eigenvalue weighted by Gasteiger charge is -2.16. The Hall–Kier alpha value is -1.55. The molecule has 94 valence electrons. The van der Waals surface area contributed by atoms with Crippen molar-refractivity contribution in [1.29, 1.82) is 0 Å². The summed E-state index contributed by atoms with van der Waals surface area (Å²) in [5.74, 6) is 0.420. The molecule has 0 aromatic heterocycles. The second kappa shape index (κ2) is 6.91. The molecule has 0 heterocycles. The topological polar surface area (TPSA) is 44.8 Å². The van der Waals surface area contributed by atoms with E-state index in [1.807, 2.05) is 31.2 Å². The number of hydrogen-bond acceptors (Lipinski definition) is 4. The van der Waals surface area contributed by atoms with E-state index in [0.717, 1.165) is 5.75 Å². The molecule has 17 heavy (non-hydrogen) atoms. The smallest absolute Gasteiger partial charge is 0.303 e. The summed E-state index contributed by atoms with van der Waals surface area (Å²) in [5, 5.41) is 0. The van der Waals surface area contributed by atoms with Gasteiger partial charge in [-0.15, -0.1) is 0 Å². The van der Waals surface area contributed by atoms with Crippen LogP contribution >= 0.6 is 0 Å². The van der Waals surface area contributed by atoms with Crippen LogP contribution in [0.15, 0.2) is 24.3 Å². The van der Waals surface area contributed by atoms with Crippen LogP contribution in [0.1, 0.15) is 12.5 Å². The molecule has 4 nitrogen and oxygen atoms in total. The lowest BCUT2D eigenvalue weighted by atomic mass is 10.2. The van der Waals surface area contributed by atoms with Crippen LogP contribution in [0.25, 0.3) is 0 Å². The lowest BCUT2D eigenvalue weighted by molar-refractivity contribution is -0.150. The van der Waals surface area contributed by atoms with Gasteiger partial charge in [-0.1, -0.05) is 17.7 Å². The van der Waals surface area contributed by atoms with Crippen molar-refractivity contribution in [3.63, 3.8) is 0 Å². The Morgan fingerprint density at radius 3 is 2.41 bits per heavy atom. The van der Waals surface area contributed by atoms with E-state index in [4.69, 9.17) is 14.2 Å². The molecule has 1 rings (SSSR count). The molecule has 0 saturated carbocycles. The molecule has 0 aliphatic carbocycles. The predicted molar refractivity (Wildman–Crippen MR) is 64.1 cm³/mol. The third-order valence-corrected chi connectivity index (χ3v) is 2.14. The summed E-state index contributed by atoms with van der Waals surface area (Å²) in [4.78, 5) is 10.9. The maximum atomic E-state index is 10.9. The first-order valence-electron chi connectivity index (χ1n) is 5.47. The van der Waals surface area contributed by atoms with Gasteiger partial charge in [0, 0.05) is 14.0 Å². The predicted octanol–water partition coefficient (Wildman–Crippen LogP) is 1.95. The summed E-state index contributed by atoms with van der Waals surface area (Å²) in [6, 6.07) is 7.69. The van der Waals surface area contributed by atoms with Crippen molar-refractivity contribution in [3.8, 4) is 5.75 Å². The highest BCUT2D eigenvalue weighted by Crippen LogP contribution is 2.12. The van der Waals surface area contributed by atoms with Crippen LogP contribution in [0.3, 0.4) is 0 Å². The second-order valence-electron chi connectivity index (χ2n) is 3.81. The number of benzene rings is 1. The minimum Gasteiger partial charge on any atom is -0.490 e. The van der Waals surface area contributed by atoms with E-state index in [1.54, 1.807) is 7.11 Å². The maximum Gasteiger partial charge on any atom is 0.303 e. The molecule has 0 N–H and O–H groups in total. The second-order valence-corrected chi connectivity index (χ2v) is 3.81. The van der Waals surface area contributed by atoms with Gasteiger partial charge in [-0.2, -0.15) is 0 Å². The van der Waals surface area contributed by atoms with Crippen molar-refractivity contribution in [1.82, 2.24) is 0 Å². The molecule has 0 aliphatic rings. The zero-order valence-electron chi connectivity index (χ0n) is 10.4. The summed E-state index contributed by atoms with van der Waals surface area (Å²) in [6.07, 6.45) is -0.376. The monoisotopic (exact) mass is 238 g/mol. The van der Waals surface area contributed by atoms with Gasteiger partial charge in [-0.3, -0.25) is 4.79 Å². The fraction of sp³-hybridized carbons (Fsp3) is 0.462. The Bertz CT molecular complexity index is 345. The molecular formula is C13H18O4. The third kappa shape index (κ3) is 5.36. The highest BCUT2D eigenvalue weighted by molar-refractivity contribution is 5.66. The molecule has 4 heteroatoms. The van der Waals surface area contributed by atoms with Crippen LogP contribution in [-0.4, -0.2) is 32.4 Å². The van der Waals surface area contributed by atoms with Gasteiger partial charge in [0.05, 0.1) is 6.61 Å². The minimum absolute atomic E-state index is 0.288. The zero-order valence-corrected chi connectivity index (χ0v) is 10.4. The van der Waals surface area contributed by atoms with Crippen LogP contribution in [0, 0.1) is 6.92 Å². The number of carbonyl (C=O) groups is 1. The summed E-state index contributed by atoms with van der Waals surface area (Å²) >= 11 is 0. The fourth-order valence-corrected chi connectivity index (χ4v) is 1.36. The Labute approximate surface area is 101 Å².